The van der Waals surface area contributed by atoms with Crippen LogP contribution in [0.5, 0.6) is 0 Å². The van der Waals surface area contributed by atoms with Crippen molar-refractivity contribution in [3.63, 3.8) is 0 Å². The van der Waals surface area contributed by atoms with E-state index in [1.54, 1.807) is 12.7 Å². The molecule has 2 heterocycles. The zero-order valence-electron chi connectivity index (χ0n) is 8.44. The quantitative estimate of drug-likeness (QED) is 0.857. The van der Waals surface area contributed by atoms with Crippen molar-refractivity contribution in [1.82, 2.24) is 19.9 Å². The SMILES string of the molecule is CCN(CCBr)c1ncnc2nc[nH]c12. The topological polar surface area (TPSA) is 57.7 Å². The van der Waals surface area contributed by atoms with Gasteiger partial charge in [-0.1, -0.05) is 15.9 Å². The molecule has 0 amide bonds. The molecule has 0 saturated carbocycles. The molecule has 2 aromatic rings. The zero-order valence-corrected chi connectivity index (χ0v) is 10.0. The third-order valence-electron chi connectivity index (χ3n) is 2.24. The van der Waals surface area contributed by atoms with Crippen molar-refractivity contribution in [3.05, 3.63) is 12.7 Å². The van der Waals surface area contributed by atoms with Crippen molar-refractivity contribution in [2.45, 2.75) is 6.92 Å². The average molecular weight is 270 g/mol. The number of nitrogens with zero attached hydrogens (tertiary/aromatic N) is 4. The van der Waals surface area contributed by atoms with Gasteiger partial charge in [0.15, 0.2) is 11.5 Å². The molecule has 5 nitrogen and oxygen atoms in total. The highest BCUT2D eigenvalue weighted by Gasteiger charge is 2.11. The number of nitrogens with one attached hydrogen (secondary N) is 1. The van der Waals surface area contributed by atoms with Gasteiger partial charge in [0, 0.05) is 18.4 Å². The number of H-pyrrole nitrogens is 1. The Morgan fingerprint density at radius 2 is 2.27 bits per heavy atom. The average Bonchev–Trinajstić information content (AvgIpc) is 2.73. The minimum atomic E-state index is 0.716. The predicted octanol–water partition coefficient (Wildman–Crippen LogP) is 1.57. The second-order valence-corrected chi connectivity index (χ2v) is 3.86. The summed E-state index contributed by atoms with van der Waals surface area (Å²) in [6, 6.07) is 0. The van der Waals surface area contributed by atoms with Gasteiger partial charge in [0.25, 0.3) is 0 Å². The van der Waals surface area contributed by atoms with Crippen LogP contribution in [-0.2, 0) is 0 Å². The smallest absolute Gasteiger partial charge is 0.182 e. The molecule has 6 heteroatoms. The second-order valence-electron chi connectivity index (χ2n) is 3.07. The molecule has 2 aromatic heterocycles. The summed E-state index contributed by atoms with van der Waals surface area (Å²) in [6.45, 7) is 3.94. The Morgan fingerprint density at radius 3 is 3.00 bits per heavy atom. The summed E-state index contributed by atoms with van der Waals surface area (Å²) in [5, 5.41) is 0.917. The van der Waals surface area contributed by atoms with Crippen LogP contribution in [0.4, 0.5) is 5.82 Å². The van der Waals surface area contributed by atoms with E-state index in [0.29, 0.717) is 5.65 Å². The monoisotopic (exact) mass is 269 g/mol. The molecule has 0 aromatic carbocycles. The Labute approximate surface area is 96.1 Å². The van der Waals surface area contributed by atoms with Crippen molar-refractivity contribution in [1.29, 1.82) is 0 Å². The number of anilines is 1. The van der Waals surface area contributed by atoms with E-state index >= 15 is 0 Å². The number of halogens is 1. The lowest BCUT2D eigenvalue weighted by atomic mass is 10.4. The predicted molar refractivity (Wildman–Crippen MR) is 63.4 cm³/mol. The van der Waals surface area contributed by atoms with Crippen LogP contribution < -0.4 is 4.90 Å². The number of rotatable bonds is 4. The second kappa shape index (κ2) is 4.57. The molecule has 0 fully saturated rings. The first-order valence-corrected chi connectivity index (χ1v) is 5.94. The van der Waals surface area contributed by atoms with E-state index in [1.807, 2.05) is 0 Å². The van der Waals surface area contributed by atoms with Crippen LogP contribution in [0.1, 0.15) is 6.92 Å². The van der Waals surface area contributed by atoms with E-state index in [9.17, 15) is 0 Å². The number of aromatic nitrogens is 4. The molecule has 0 unspecified atom stereocenters. The Hall–Kier alpha value is -1.17. The summed E-state index contributed by atoms with van der Waals surface area (Å²) >= 11 is 3.43. The van der Waals surface area contributed by atoms with E-state index < -0.39 is 0 Å². The zero-order chi connectivity index (χ0) is 10.7. The Balaban J connectivity index is 2.44. The molecule has 2 rings (SSSR count). The molecule has 0 atom stereocenters. The molecule has 1 N–H and O–H groups in total. The highest BCUT2D eigenvalue weighted by atomic mass is 79.9. The van der Waals surface area contributed by atoms with Crippen LogP contribution in [0.15, 0.2) is 12.7 Å². The van der Waals surface area contributed by atoms with Gasteiger partial charge >= 0.3 is 0 Å². The van der Waals surface area contributed by atoms with E-state index in [-0.39, 0.29) is 0 Å². The number of hydrogen-bond acceptors (Lipinski definition) is 4. The van der Waals surface area contributed by atoms with Crippen LogP contribution in [0.25, 0.3) is 11.2 Å². The fourth-order valence-electron chi connectivity index (χ4n) is 1.51. The number of fused-ring (bicyclic) bond motifs is 1. The summed E-state index contributed by atoms with van der Waals surface area (Å²) in [6.07, 6.45) is 3.19. The first kappa shape index (κ1) is 10.4. The lowest BCUT2D eigenvalue weighted by Gasteiger charge is -2.20. The number of imidazole rings is 1. The molecular formula is C9H12BrN5. The highest BCUT2D eigenvalue weighted by Crippen LogP contribution is 2.18. The molecule has 0 aliphatic heterocycles. The normalized spacial score (nSPS) is 10.8. The van der Waals surface area contributed by atoms with E-state index in [0.717, 1.165) is 29.8 Å². The third-order valence-corrected chi connectivity index (χ3v) is 2.59. The Bertz CT molecular complexity index is 441. The van der Waals surface area contributed by atoms with Gasteiger partial charge in [-0.3, -0.25) is 0 Å². The summed E-state index contributed by atoms with van der Waals surface area (Å²) < 4.78 is 0. The van der Waals surface area contributed by atoms with Crippen LogP contribution in [-0.4, -0.2) is 38.4 Å². The molecule has 80 valence electrons. The third kappa shape index (κ3) is 1.94. The number of alkyl halides is 1. The summed E-state index contributed by atoms with van der Waals surface area (Å²) in [5.41, 5.74) is 1.62. The van der Waals surface area contributed by atoms with Crippen molar-refractivity contribution in [2.24, 2.45) is 0 Å². The Morgan fingerprint density at radius 1 is 1.40 bits per heavy atom. The highest BCUT2D eigenvalue weighted by molar-refractivity contribution is 9.09. The van der Waals surface area contributed by atoms with E-state index in [2.05, 4.69) is 47.7 Å². The molecule has 0 bridgehead atoms. The molecule has 0 spiro atoms. The Kier molecular flexibility index (Phi) is 3.15. The van der Waals surface area contributed by atoms with Gasteiger partial charge in [-0.05, 0) is 6.92 Å². The summed E-state index contributed by atoms with van der Waals surface area (Å²) in [7, 11) is 0. The maximum absolute atomic E-state index is 4.29. The van der Waals surface area contributed by atoms with Gasteiger partial charge in [0.1, 0.15) is 11.8 Å². The van der Waals surface area contributed by atoms with Crippen molar-refractivity contribution in [2.75, 3.05) is 23.3 Å². The van der Waals surface area contributed by atoms with Crippen molar-refractivity contribution < 1.29 is 0 Å². The summed E-state index contributed by atoms with van der Waals surface area (Å²) in [5.74, 6) is 0.916. The fraction of sp³-hybridized carbons (Fsp3) is 0.444. The van der Waals surface area contributed by atoms with Crippen LogP contribution in [0, 0.1) is 0 Å². The maximum Gasteiger partial charge on any atom is 0.182 e. The summed E-state index contributed by atoms with van der Waals surface area (Å²) in [4.78, 5) is 17.7. The van der Waals surface area contributed by atoms with Crippen LogP contribution in [0.2, 0.25) is 0 Å². The van der Waals surface area contributed by atoms with Gasteiger partial charge in [0.2, 0.25) is 0 Å². The fourth-order valence-corrected chi connectivity index (χ4v) is 1.94. The van der Waals surface area contributed by atoms with Crippen molar-refractivity contribution in [3.8, 4) is 0 Å². The molecular weight excluding hydrogens is 258 g/mol. The standard InChI is InChI=1S/C9H12BrN5/c1-2-15(4-3-10)9-7-8(12-5-11-7)13-6-14-9/h5-6H,2-4H2,1H3,(H,11,12,13,14). The van der Waals surface area contributed by atoms with Crippen LogP contribution >= 0.6 is 15.9 Å². The minimum absolute atomic E-state index is 0.716. The largest absolute Gasteiger partial charge is 0.354 e. The molecule has 0 aliphatic rings. The van der Waals surface area contributed by atoms with Gasteiger partial charge in [-0.2, -0.15) is 0 Å². The number of aromatic amines is 1. The van der Waals surface area contributed by atoms with Gasteiger partial charge < -0.3 is 9.88 Å². The molecule has 0 radical (unpaired) electrons. The molecule has 15 heavy (non-hydrogen) atoms. The molecule has 0 saturated heterocycles. The molecule has 0 aliphatic carbocycles. The van der Waals surface area contributed by atoms with Gasteiger partial charge in [0.05, 0.1) is 6.33 Å². The van der Waals surface area contributed by atoms with Gasteiger partial charge in [-0.15, -0.1) is 0 Å². The number of hydrogen-bond donors (Lipinski definition) is 1. The van der Waals surface area contributed by atoms with Crippen LogP contribution in [0.3, 0.4) is 0 Å². The van der Waals surface area contributed by atoms with Crippen molar-refractivity contribution >= 4 is 32.9 Å². The van der Waals surface area contributed by atoms with E-state index in [1.165, 1.54) is 0 Å². The van der Waals surface area contributed by atoms with Gasteiger partial charge in [-0.25, -0.2) is 15.0 Å². The first-order valence-electron chi connectivity index (χ1n) is 4.81. The van der Waals surface area contributed by atoms with E-state index in [4.69, 9.17) is 0 Å². The minimum Gasteiger partial charge on any atom is -0.354 e. The first-order chi connectivity index (χ1) is 7.36. The lowest BCUT2D eigenvalue weighted by Crippen LogP contribution is -2.26. The lowest BCUT2D eigenvalue weighted by molar-refractivity contribution is 0.855. The maximum atomic E-state index is 4.29.